The third-order valence-electron chi connectivity index (χ3n) is 1.39. The van der Waals surface area contributed by atoms with Gasteiger partial charge in [-0.2, -0.15) is 10.4 Å². The van der Waals surface area contributed by atoms with Crippen molar-refractivity contribution in [3.63, 3.8) is 0 Å². The summed E-state index contributed by atoms with van der Waals surface area (Å²) in [5.74, 6) is -1.83. The van der Waals surface area contributed by atoms with Gasteiger partial charge in [0.2, 0.25) is 0 Å². The van der Waals surface area contributed by atoms with Gasteiger partial charge in [0.05, 0.1) is 5.57 Å². The third kappa shape index (κ3) is 1.54. The SMILES string of the molecule is C=C1C(=O)N(CC(=O)O)N=C1C#N. The molecule has 1 aliphatic heterocycles. The molecular formula is C7H5N3O3. The van der Waals surface area contributed by atoms with Crippen molar-refractivity contribution in [1.82, 2.24) is 5.01 Å². The zero-order chi connectivity index (χ0) is 10.0. The first kappa shape index (κ1) is 8.93. The number of amides is 1. The van der Waals surface area contributed by atoms with Crippen LogP contribution < -0.4 is 0 Å². The Morgan fingerprint density at radius 2 is 2.38 bits per heavy atom. The van der Waals surface area contributed by atoms with Crippen molar-refractivity contribution in [3.05, 3.63) is 12.2 Å². The van der Waals surface area contributed by atoms with E-state index >= 15 is 0 Å². The minimum atomic E-state index is -1.19. The lowest BCUT2D eigenvalue weighted by Gasteiger charge is -2.06. The fraction of sp³-hybridized carbons (Fsp3) is 0.143. The first-order valence-corrected chi connectivity index (χ1v) is 3.28. The molecule has 0 spiro atoms. The van der Waals surface area contributed by atoms with Crippen molar-refractivity contribution < 1.29 is 14.7 Å². The molecule has 1 amide bonds. The topological polar surface area (TPSA) is 93.8 Å². The summed E-state index contributed by atoms with van der Waals surface area (Å²) in [4.78, 5) is 21.3. The Morgan fingerprint density at radius 3 is 2.77 bits per heavy atom. The van der Waals surface area contributed by atoms with Crippen molar-refractivity contribution in [2.75, 3.05) is 6.54 Å². The number of aliphatic carboxylic acids is 1. The predicted molar refractivity (Wildman–Crippen MR) is 41.5 cm³/mol. The average molecular weight is 179 g/mol. The molecule has 1 rings (SSSR count). The highest BCUT2D eigenvalue weighted by Crippen LogP contribution is 2.11. The lowest BCUT2D eigenvalue weighted by atomic mass is 10.2. The summed E-state index contributed by atoms with van der Waals surface area (Å²) in [6.45, 7) is 2.76. The van der Waals surface area contributed by atoms with Crippen LogP contribution in [-0.4, -0.2) is 34.2 Å². The lowest BCUT2D eigenvalue weighted by molar-refractivity contribution is -0.142. The molecule has 6 nitrogen and oxygen atoms in total. The van der Waals surface area contributed by atoms with Crippen LogP contribution in [0.15, 0.2) is 17.3 Å². The Hall–Kier alpha value is -2.16. The molecule has 0 aliphatic carbocycles. The lowest BCUT2D eigenvalue weighted by Crippen LogP contribution is -2.27. The fourth-order valence-corrected chi connectivity index (χ4v) is 0.809. The van der Waals surface area contributed by atoms with E-state index < -0.39 is 18.4 Å². The predicted octanol–water partition coefficient (Wildman–Crippen LogP) is -0.651. The molecule has 0 aromatic carbocycles. The molecular weight excluding hydrogens is 174 g/mol. The molecule has 0 aromatic rings. The molecule has 1 heterocycles. The Kier molecular flexibility index (Phi) is 2.11. The molecule has 0 fully saturated rings. The number of carboxylic acid groups (broad SMARTS) is 1. The molecule has 0 saturated carbocycles. The van der Waals surface area contributed by atoms with Gasteiger partial charge in [0.1, 0.15) is 12.6 Å². The Balaban J connectivity index is 2.87. The van der Waals surface area contributed by atoms with E-state index in [1.807, 2.05) is 0 Å². The molecule has 6 heteroatoms. The normalized spacial score (nSPS) is 15.6. The average Bonchev–Trinajstić information content (AvgIpc) is 2.32. The summed E-state index contributed by atoms with van der Waals surface area (Å²) in [6, 6.07) is 1.64. The summed E-state index contributed by atoms with van der Waals surface area (Å²) in [5, 5.41) is 21.0. The fourth-order valence-electron chi connectivity index (χ4n) is 0.809. The summed E-state index contributed by atoms with van der Waals surface area (Å²) >= 11 is 0. The van der Waals surface area contributed by atoms with E-state index in [1.54, 1.807) is 6.07 Å². The number of carbonyl (C=O) groups is 2. The van der Waals surface area contributed by atoms with Crippen LogP contribution in [0, 0.1) is 11.3 Å². The number of hydrogen-bond donors (Lipinski definition) is 1. The van der Waals surface area contributed by atoms with Crippen LogP contribution in [0.2, 0.25) is 0 Å². The molecule has 13 heavy (non-hydrogen) atoms. The minimum absolute atomic E-state index is 0.0660. The maximum Gasteiger partial charge on any atom is 0.325 e. The zero-order valence-electron chi connectivity index (χ0n) is 6.52. The Morgan fingerprint density at radius 1 is 1.77 bits per heavy atom. The highest BCUT2D eigenvalue weighted by Gasteiger charge is 2.29. The monoisotopic (exact) mass is 179 g/mol. The van der Waals surface area contributed by atoms with Gasteiger partial charge in [0, 0.05) is 0 Å². The second kappa shape index (κ2) is 3.06. The smallest absolute Gasteiger partial charge is 0.325 e. The summed E-state index contributed by atoms with van der Waals surface area (Å²) in [5.41, 5.74) is -0.199. The molecule has 0 saturated heterocycles. The van der Waals surface area contributed by atoms with E-state index in [1.165, 1.54) is 0 Å². The molecule has 0 unspecified atom stereocenters. The number of rotatable bonds is 2. The third-order valence-corrected chi connectivity index (χ3v) is 1.39. The van der Waals surface area contributed by atoms with Gasteiger partial charge in [-0.3, -0.25) is 9.59 Å². The van der Waals surface area contributed by atoms with E-state index in [0.29, 0.717) is 5.01 Å². The van der Waals surface area contributed by atoms with Crippen LogP contribution in [0.25, 0.3) is 0 Å². The van der Waals surface area contributed by atoms with Crippen LogP contribution in [-0.2, 0) is 9.59 Å². The van der Waals surface area contributed by atoms with Crippen LogP contribution >= 0.6 is 0 Å². The maximum atomic E-state index is 11.1. The molecule has 0 aromatic heterocycles. The maximum absolute atomic E-state index is 11.1. The van der Waals surface area contributed by atoms with Gasteiger partial charge in [0.15, 0.2) is 5.71 Å². The molecule has 1 aliphatic rings. The zero-order valence-corrected chi connectivity index (χ0v) is 6.52. The number of hydrogen-bond acceptors (Lipinski definition) is 4. The van der Waals surface area contributed by atoms with Gasteiger partial charge in [-0.25, -0.2) is 5.01 Å². The van der Waals surface area contributed by atoms with Gasteiger partial charge in [-0.05, 0) is 0 Å². The number of carboxylic acids is 1. The van der Waals surface area contributed by atoms with Crippen LogP contribution in [0.5, 0.6) is 0 Å². The van der Waals surface area contributed by atoms with Crippen molar-refractivity contribution >= 4 is 17.6 Å². The Labute approximate surface area is 73.4 Å². The second-order valence-corrected chi connectivity index (χ2v) is 2.30. The van der Waals surface area contributed by atoms with Crippen molar-refractivity contribution in [3.8, 4) is 6.07 Å². The van der Waals surface area contributed by atoms with E-state index in [9.17, 15) is 9.59 Å². The number of hydrazone groups is 1. The minimum Gasteiger partial charge on any atom is -0.480 e. The van der Waals surface area contributed by atoms with Crippen LogP contribution in [0.3, 0.4) is 0 Å². The first-order valence-electron chi connectivity index (χ1n) is 3.28. The molecule has 0 radical (unpaired) electrons. The van der Waals surface area contributed by atoms with Gasteiger partial charge in [0.25, 0.3) is 5.91 Å². The van der Waals surface area contributed by atoms with Gasteiger partial charge in [-0.15, -0.1) is 0 Å². The highest BCUT2D eigenvalue weighted by atomic mass is 16.4. The largest absolute Gasteiger partial charge is 0.480 e. The van der Waals surface area contributed by atoms with Crippen molar-refractivity contribution in [2.24, 2.45) is 5.10 Å². The van der Waals surface area contributed by atoms with E-state index in [-0.39, 0.29) is 11.3 Å². The van der Waals surface area contributed by atoms with Gasteiger partial charge in [-0.1, -0.05) is 6.58 Å². The molecule has 66 valence electrons. The summed E-state index contributed by atoms with van der Waals surface area (Å²) in [6.07, 6.45) is 0. The molecule has 0 bridgehead atoms. The van der Waals surface area contributed by atoms with Crippen molar-refractivity contribution in [1.29, 1.82) is 5.26 Å². The molecule has 0 atom stereocenters. The van der Waals surface area contributed by atoms with Crippen LogP contribution in [0.4, 0.5) is 0 Å². The van der Waals surface area contributed by atoms with Gasteiger partial charge >= 0.3 is 5.97 Å². The number of nitriles is 1. The van der Waals surface area contributed by atoms with Gasteiger partial charge < -0.3 is 5.11 Å². The van der Waals surface area contributed by atoms with E-state index in [0.717, 1.165) is 0 Å². The highest BCUT2D eigenvalue weighted by molar-refractivity contribution is 6.30. The van der Waals surface area contributed by atoms with Crippen LogP contribution in [0.1, 0.15) is 0 Å². The van der Waals surface area contributed by atoms with Crippen molar-refractivity contribution in [2.45, 2.75) is 0 Å². The Bertz CT molecular complexity index is 364. The molecule has 1 N–H and O–H groups in total. The van der Waals surface area contributed by atoms with E-state index in [2.05, 4.69) is 11.7 Å². The number of nitrogens with zero attached hydrogens (tertiary/aromatic N) is 3. The number of carbonyl (C=O) groups excluding carboxylic acids is 1. The van der Waals surface area contributed by atoms with E-state index in [4.69, 9.17) is 10.4 Å². The summed E-state index contributed by atoms with van der Waals surface area (Å²) < 4.78 is 0. The second-order valence-electron chi connectivity index (χ2n) is 2.30. The standard InChI is InChI=1S/C7H5N3O3/c1-4-5(2-8)9-10(7(4)13)3-6(11)12/h1,3H2,(H,11,12). The quantitative estimate of drug-likeness (QED) is 0.570. The first-order chi connectivity index (χ1) is 6.06. The summed E-state index contributed by atoms with van der Waals surface area (Å²) in [7, 11) is 0.